The lowest BCUT2D eigenvalue weighted by molar-refractivity contribution is -0.192. The quantitative estimate of drug-likeness (QED) is 0.132. The minimum absolute atomic E-state index is 0.0482. The number of carboxylic acid groups (broad SMARTS) is 1. The highest BCUT2D eigenvalue weighted by Crippen LogP contribution is 2.36. The van der Waals surface area contributed by atoms with Gasteiger partial charge in [0.25, 0.3) is 5.91 Å². The van der Waals surface area contributed by atoms with Crippen molar-refractivity contribution in [1.82, 2.24) is 0 Å². The molecule has 1 amide bonds. The van der Waals surface area contributed by atoms with E-state index < -0.39 is 12.1 Å². The summed E-state index contributed by atoms with van der Waals surface area (Å²) in [7, 11) is 0. The van der Waals surface area contributed by atoms with Crippen LogP contribution in [0.25, 0.3) is 0 Å². The van der Waals surface area contributed by atoms with Gasteiger partial charge in [-0.15, -0.1) is 0 Å². The van der Waals surface area contributed by atoms with Crippen molar-refractivity contribution in [1.29, 1.82) is 0 Å². The Kier molecular flexibility index (Phi) is 10.0. The first-order valence-corrected chi connectivity index (χ1v) is 14.4. The van der Waals surface area contributed by atoms with E-state index in [9.17, 15) is 22.8 Å². The Balaban J connectivity index is 0.000000644. The zero-order chi connectivity index (χ0) is 34.5. The van der Waals surface area contributed by atoms with Gasteiger partial charge in [0.15, 0.2) is 5.78 Å². The minimum Gasteiger partial charge on any atom is -0.488 e. The Bertz CT molecular complexity index is 1830. The fourth-order valence-electron chi connectivity index (χ4n) is 4.62. The number of alkyl halides is 3. The average molecular weight is 647 g/mol. The standard InChI is InChI=1S/C33H32N4O3.C2HF3O2/c1-33(2,3)24-13-11-21(12-14-24)32(39)37-29-26(34)15-16-27(40-19-20-7-5-4-6-8-20)28(29)30(38)22-9-10-23-18-36-31(35)25(23)17-22;3-2(4,5)1(6)7/h4-17H,18-19,34H2,1-3H3,(H2,35,36)(H,37,39);(H,6,7). The molecule has 0 atom stereocenters. The van der Waals surface area contributed by atoms with E-state index in [2.05, 4.69) is 31.1 Å². The highest BCUT2D eigenvalue weighted by molar-refractivity contribution is 6.19. The Morgan fingerprint density at radius 3 is 2.11 bits per heavy atom. The van der Waals surface area contributed by atoms with Crippen LogP contribution in [0.2, 0.25) is 0 Å². The molecule has 0 saturated heterocycles. The van der Waals surface area contributed by atoms with Crippen molar-refractivity contribution in [3.8, 4) is 5.75 Å². The average Bonchev–Trinajstić information content (AvgIpc) is 3.40. The third-order valence-corrected chi connectivity index (χ3v) is 7.23. The molecule has 0 spiro atoms. The van der Waals surface area contributed by atoms with Crippen molar-refractivity contribution in [2.45, 2.75) is 45.5 Å². The van der Waals surface area contributed by atoms with E-state index in [-0.39, 0.29) is 40.7 Å². The number of amides is 1. The number of nitrogens with one attached hydrogen (secondary N) is 1. The van der Waals surface area contributed by atoms with Gasteiger partial charge in [-0.3, -0.25) is 14.6 Å². The molecule has 1 aliphatic heterocycles. The van der Waals surface area contributed by atoms with Crippen LogP contribution in [0.3, 0.4) is 0 Å². The predicted molar refractivity (Wildman–Crippen MR) is 173 cm³/mol. The van der Waals surface area contributed by atoms with Gasteiger partial charge < -0.3 is 26.6 Å². The summed E-state index contributed by atoms with van der Waals surface area (Å²) in [6.45, 7) is 7.05. The second-order valence-electron chi connectivity index (χ2n) is 11.7. The van der Waals surface area contributed by atoms with Crippen molar-refractivity contribution in [2.75, 3.05) is 11.1 Å². The summed E-state index contributed by atoms with van der Waals surface area (Å²) in [5, 5.41) is 10.0. The molecule has 4 aromatic carbocycles. The molecular weight excluding hydrogens is 613 g/mol. The van der Waals surface area contributed by atoms with E-state index in [0.29, 0.717) is 29.3 Å². The van der Waals surface area contributed by atoms with Crippen molar-refractivity contribution >= 4 is 34.9 Å². The molecule has 4 aromatic rings. The van der Waals surface area contributed by atoms with Gasteiger partial charge in [-0.1, -0.05) is 75.4 Å². The number of hydrogen-bond acceptors (Lipinski definition) is 7. The van der Waals surface area contributed by atoms with E-state index in [0.717, 1.165) is 22.3 Å². The predicted octanol–water partition coefficient (Wildman–Crippen LogP) is 6.48. The van der Waals surface area contributed by atoms with Crippen LogP contribution in [0.1, 0.15) is 69.3 Å². The van der Waals surface area contributed by atoms with Gasteiger partial charge in [-0.25, -0.2) is 4.79 Å². The molecule has 1 heterocycles. The summed E-state index contributed by atoms with van der Waals surface area (Å²) in [5.41, 5.74) is 17.5. The van der Waals surface area contributed by atoms with E-state index in [1.54, 1.807) is 36.4 Å². The molecule has 1 aliphatic rings. The molecule has 6 N–H and O–H groups in total. The number of aliphatic carboxylic acids is 1. The number of aliphatic imine (C=N–C) groups is 1. The molecule has 244 valence electrons. The number of carboxylic acids is 1. The van der Waals surface area contributed by atoms with Crippen LogP contribution in [0, 0.1) is 0 Å². The lowest BCUT2D eigenvalue weighted by atomic mass is 9.86. The van der Waals surface area contributed by atoms with Crippen molar-refractivity contribution in [3.63, 3.8) is 0 Å². The fourth-order valence-corrected chi connectivity index (χ4v) is 4.62. The SMILES string of the molecule is CC(C)(C)c1ccc(C(=O)Nc2c(N)ccc(OCc3ccccc3)c2C(=O)c2ccc3c(c2)C(N)=NC3)cc1.O=C(O)C(F)(F)F. The van der Waals surface area contributed by atoms with Crippen LogP contribution in [-0.4, -0.2) is 34.8 Å². The number of halogens is 3. The summed E-state index contributed by atoms with van der Waals surface area (Å²) in [6.07, 6.45) is -5.08. The summed E-state index contributed by atoms with van der Waals surface area (Å²) in [6, 6.07) is 25.6. The van der Waals surface area contributed by atoms with Crippen LogP contribution in [-0.2, 0) is 23.4 Å². The molecular formula is C35H33F3N4O5. The second kappa shape index (κ2) is 13.8. The minimum atomic E-state index is -5.08. The molecule has 12 heteroatoms. The van der Waals surface area contributed by atoms with E-state index in [1.165, 1.54) is 0 Å². The van der Waals surface area contributed by atoms with Crippen LogP contribution in [0.5, 0.6) is 5.75 Å². The highest BCUT2D eigenvalue weighted by Gasteiger charge is 2.38. The number of ketones is 1. The number of hydrogen-bond donors (Lipinski definition) is 4. The molecule has 0 fully saturated rings. The molecule has 47 heavy (non-hydrogen) atoms. The summed E-state index contributed by atoms with van der Waals surface area (Å²) in [4.78, 5) is 40.6. The number of rotatable bonds is 7. The second-order valence-corrected chi connectivity index (χ2v) is 11.7. The van der Waals surface area contributed by atoms with Gasteiger partial charge in [-0.05, 0) is 52.4 Å². The number of carbonyl (C=O) groups is 3. The molecule has 0 radical (unpaired) electrons. The van der Waals surface area contributed by atoms with Gasteiger partial charge >= 0.3 is 12.1 Å². The molecule has 0 aromatic heterocycles. The van der Waals surface area contributed by atoms with Crippen LogP contribution >= 0.6 is 0 Å². The smallest absolute Gasteiger partial charge is 0.488 e. The summed E-state index contributed by atoms with van der Waals surface area (Å²) < 4.78 is 37.9. The maximum atomic E-state index is 14.1. The fraction of sp³-hybridized carbons (Fsp3) is 0.200. The van der Waals surface area contributed by atoms with Gasteiger partial charge in [0.1, 0.15) is 18.2 Å². The normalized spacial score (nSPS) is 12.3. The topological polar surface area (TPSA) is 157 Å². The third kappa shape index (κ3) is 8.34. The zero-order valence-electron chi connectivity index (χ0n) is 25.8. The molecule has 0 aliphatic carbocycles. The monoisotopic (exact) mass is 646 g/mol. The Labute approximate surface area is 269 Å². The van der Waals surface area contributed by atoms with Crippen LogP contribution < -0.4 is 21.5 Å². The Morgan fingerprint density at radius 1 is 0.894 bits per heavy atom. The van der Waals surface area contributed by atoms with Crippen LogP contribution in [0.15, 0.2) is 89.9 Å². The third-order valence-electron chi connectivity index (χ3n) is 7.23. The Hall–Kier alpha value is -5.65. The number of nitrogens with two attached hydrogens (primary N) is 2. The molecule has 0 unspecified atom stereocenters. The van der Waals surface area contributed by atoms with Crippen LogP contribution in [0.4, 0.5) is 24.5 Å². The molecule has 0 saturated carbocycles. The number of amidine groups is 1. The van der Waals surface area contributed by atoms with Crippen molar-refractivity contribution < 1.29 is 37.4 Å². The number of benzene rings is 4. The van der Waals surface area contributed by atoms with Gasteiger partial charge in [0, 0.05) is 16.7 Å². The first-order valence-electron chi connectivity index (χ1n) is 14.4. The van der Waals surface area contributed by atoms with Gasteiger partial charge in [0.05, 0.1) is 23.5 Å². The lowest BCUT2D eigenvalue weighted by Gasteiger charge is -2.20. The van der Waals surface area contributed by atoms with E-state index in [4.69, 9.17) is 26.1 Å². The summed E-state index contributed by atoms with van der Waals surface area (Å²) in [5.74, 6) is -2.79. The largest absolute Gasteiger partial charge is 0.490 e. The first-order chi connectivity index (χ1) is 22.1. The van der Waals surface area contributed by atoms with Crippen molar-refractivity contribution in [2.24, 2.45) is 10.7 Å². The molecule has 9 nitrogen and oxygen atoms in total. The van der Waals surface area contributed by atoms with E-state index in [1.807, 2.05) is 48.5 Å². The summed E-state index contributed by atoms with van der Waals surface area (Å²) >= 11 is 0. The maximum Gasteiger partial charge on any atom is 0.490 e. The Morgan fingerprint density at radius 2 is 1.51 bits per heavy atom. The molecule has 0 bridgehead atoms. The highest BCUT2D eigenvalue weighted by atomic mass is 19.4. The number of ether oxygens (including phenoxy) is 1. The lowest BCUT2D eigenvalue weighted by Crippen LogP contribution is -2.21. The van der Waals surface area contributed by atoms with E-state index >= 15 is 0 Å². The number of fused-ring (bicyclic) bond motifs is 1. The van der Waals surface area contributed by atoms with Gasteiger partial charge in [-0.2, -0.15) is 13.2 Å². The number of anilines is 2. The maximum absolute atomic E-state index is 14.1. The van der Waals surface area contributed by atoms with Crippen molar-refractivity contribution in [3.05, 3.63) is 124 Å². The number of nitrogen functional groups attached to an aromatic ring is 1. The number of carbonyl (C=O) groups excluding carboxylic acids is 2. The van der Waals surface area contributed by atoms with Gasteiger partial charge in [0.2, 0.25) is 0 Å². The zero-order valence-corrected chi connectivity index (χ0v) is 25.8. The first kappa shape index (κ1) is 34.2. The number of nitrogens with zero attached hydrogens (tertiary/aromatic N) is 1. The molecule has 5 rings (SSSR count).